The molecule has 3 unspecified atom stereocenters. The van der Waals surface area contributed by atoms with Crippen molar-refractivity contribution in [1.29, 1.82) is 0 Å². The van der Waals surface area contributed by atoms with E-state index in [0.717, 1.165) is 24.3 Å². The normalized spacial score (nSPS) is 24.1. The van der Waals surface area contributed by atoms with Crippen molar-refractivity contribution in [3.63, 3.8) is 0 Å². The summed E-state index contributed by atoms with van der Waals surface area (Å²) < 4.78 is 0. The number of hydrogen-bond acceptors (Lipinski definition) is 4. The molecule has 27 heavy (non-hydrogen) atoms. The fraction of sp³-hybridized carbons (Fsp3) is 0.526. The fourth-order valence-corrected chi connectivity index (χ4v) is 3.78. The van der Waals surface area contributed by atoms with Crippen LogP contribution in [0.25, 0.3) is 0 Å². The summed E-state index contributed by atoms with van der Waals surface area (Å²) in [6.07, 6.45) is 2.49. The van der Waals surface area contributed by atoms with Crippen LogP contribution in [0.4, 0.5) is 10.5 Å². The zero-order valence-corrected chi connectivity index (χ0v) is 16.1. The second-order valence-corrected chi connectivity index (χ2v) is 7.73. The molecular formula is C19H25ClN4O3. The highest BCUT2D eigenvalue weighted by Gasteiger charge is 2.39. The van der Waals surface area contributed by atoms with E-state index in [1.54, 1.807) is 24.3 Å². The van der Waals surface area contributed by atoms with Crippen LogP contribution in [0, 0.1) is 5.92 Å². The number of nitrogens with zero attached hydrogens (tertiary/aromatic N) is 2. The van der Waals surface area contributed by atoms with E-state index in [9.17, 15) is 14.4 Å². The molecule has 7 nitrogen and oxygen atoms in total. The smallest absolute Gasteiger partial charge is 0.329 e. The van der Waals surface area contributed by atoms with Gasteiger partial charge in [0, 0.05) is 30.6 Å². The maximum Gasteiger partial charge on any atom is 0.329 e. The largest absolute Gasteiger partial charge is 0.342 e. The second kappa shape index (κ2) is 8.27. The highest BCUT2D eigenvalue weighted by Crippen LogP contribution is 2.24. The van der Waals surface area contributed by atoms with Gasteiger partial charge in [-0.1, -0.05) is 11.6 Å². The lowest BCUT2D eigenvalue weighted by Gasteiger charge is -2.34. The van der Waals surface area contributed by atoms with Crippen LogP contribution in [0.3, 0.4) is 0 Å². The Bertz CT molecular complexity index is 722. The Balaban J connectivity index is 1.57. The van der Waals surface area contributed by atoms with Gasteiger partial charge in [-0.05, 0) is 56.4 Å². The summed E-state index contributed by atoms with van der Waals surface area (Å²) in [7, 11) is 0. The molecule has 3 rings (SSSR count). The molecule has 0 saturated carbocycles. The van der Waals surface area contributed by atoms with Crippen LogP contribution in [0.2, 0.25) is 5.02 Å². The summed E-state index contributed by atoms with van der Waals surface area (Å²) in [6.45, 7) is 3.36. The molecular weight excluding hydrogens is 368 g/mol. The van der Waals surface area contributed by atoms with Gasteiger partial charge in [0.05, 0.1) is 5.69 Å². The van der Waals surface area contributed by atoms with E-state index in [1.807, 2.05) is 11.8 Å². The van der Waals surface area contributed by atoms with Crippen LogP contribution in [0.1, 0.15) is 32.6 Å². The third-order valence-electron chi connectivity index (χ3n) is 5.31. The topological polar surface area (TPSA) is 95.7 Å². The molecule has 3 atom stereocenters. The molecule has 0 aliphatic carbocycles. The number of nitrogens with one attached hydrogen (secondary N) is 1. The Hall–Kier alpha value is -2.12. The maximum absolute atomic E-state index is 12.6. The number of benzene rings is 1. The van der Waals surface area contributed by atoms with Crippen molar-refractivity contribution >= 4 is 35.1 Å². The minimum absolute atomic E-state index is 0.00680. The second-order valence-electron chi connectivity index (χ2n) is 7.29. The van der Waals surface area contributed by atoms with Gasteiger partial charge < -0.3 is 16.0 Å². The van der Waals surface area contributed by atoms with Gasteiger partial charge in [0.15, 0.2) is 0 Å². The first kappa shape index (κ1) is 19.6. The van der Waals surface area contributed by atoms with Crippen molar-refractivity contribution in [2.24, 2.45) is 11.7 Å². The number of hydrogen-bond donors (Lipinski definition) is 2. The molecule has 1 aromatic rings. The van der Waals surface area contributed by atoms with Crippen LogP contribution in [0.15, 0.2) is 24.3 Å². The lowest BCUT2D eigenvalue weighted by molar-refractivity contribution is -0.133. The molecule has 2 aliphatic heterocycles. The lowest BCUT2D eigenvalue weighted by atomic mass is 9.92. The van der Waals surface area contributed by atoms with Crippen LogP contribution in [-0.2, 0) is 9.59 Å². The molecule has 2 fully saturated rings. The van der Waals surface area contributed by atoms with Crippen LogP contribution >= 0.6 is 11.6 Å². The molecule has 4 amide bonds. The summed E-state index contributed by atoms with van der Waals surface area (Å²) in [6, 6.07) is 5.38. The molecule has 0 radical (unpaired) electrons. The quantitative estimate of drug-likeness (QED) is 0.750. The number of anilines is 1. The highest BCUT2D eigenvalue weighted by molar-refractivity contribution is 6.30. The summed E-state index contributed by atoms with van der Waals surface area (Å²) in [5.74, 6) is -0.0227. The Morgan fingerprint density at radius 3 is 2.70 bits per heavy atom. The number of piperidine rings is 1. The molecule has 8 heteroatoms. The average molecular weight is 393 g/mol. The van der Waals surface area contributed by atoms with E-state index in [-0.39, 0.29) is 30.7 Å². The van der Waals surface area contributed by atoms with E-state index >= 15 is 0 Å². The minimum Gasteiger partial charge on any atom is -0.342 e. The minimum atomic E-state index is -0.689. The fourth-order valence-electron chi connectivity index (χ4n) is 3.65. The Labute approximate surface area is 163 Å². The summed E-state index contributed by atoms with van der Waals surface area (Å²) in [5.41, 5.74) is 6.44. The lowest BCUT2D eigenvalue weighted by Crippen LogP contribution is -2.45. The van der Waals surface area contributed by atoms with Crippen molar-refractivity contribution in [3.05, 3.63) is 29.3 Å². The first-order valence-corrected chi connectivity index (χ1v) is 9.68. The molecule has 2 saturated heterocycles. The zero-order chi connectivity index (χ0) is 19.6. The molecule has 3 N–H and O–H groups in total. The number of urea groups is 1. The number of rotatable bonds is 5. The average Bonchev–Trinajstić information content (AvgIpc) is 2.94. The van der Waals surface area contributed by atoms with E-state index in [2.05, 4.69) is 5.32 Å². The number of likely N-dealkylation sites (tertiary alicyclic amines) is 1. The van der Waals surface area contributed by atoms with Gasteiger partial charge in [-0.15, -0.1) is 0 Å². The van der Waals surface area contributed by atoms with Crippen molar-refractivity contribution in [3.8, 4) is 0 Å². The van der Waals surface area contributed by atoms with Gasteiger partial charge >= 0.3 is 6.03 Å². The third-order valence-corrected chi connectivity index (χ3v) is 5.56. The predicted molar refractivity (Wildman–Crippen MR) is 103 cm³/mol. The number of amides is 4. The Morgan fingerprint density at radius 2 is 2.04 bits per heavy atom. The van der Waals surface area contributed by atoms with E-state index in [0.29, 0.717) is 23.2 Å². The number of carbonyl (C=O) groups is 3. The number of carbonyl (C=O) groups excluding carboxylic acids is 3. The SMILES string of the molecule is CC(N)C1CCCN(C(=O)CCC2NC(=O)N(c3ccc(Cl)cc3)C2=O)C1. The molecule has 1 aromatic carbocycles. The van der Waals surface area contributed by atoms with Crippen LogP contribution < -0.4 is 16.0 Å². The van der Waals surface area contributed by atoms with Crippen LogP contribution in [0.5, 0.6) is 0 Å². The Morgan fingerprint density at radius 1 is 1.33 bits per heavy atom. The zero-order valence-electron chi connectivity index (χ0n) is 15.4. The van der Waals surface area contributed by atoms with Gasteiger partial charge in [-0.3, -0.25) is 9.59 Å². The molecule has 0 bridgehead atoms. The molecule has 2 heterocycles. The summed E-state index contributed by atoms with van der Waals surface area (Å²) >= 11 is 5.85. The first-order valence-electron chi connectivity index (χ1n) is 9.30. The van der Waals surface area contributed by atoms with Gasteiger partial charge in [0.1, 0.15) is 6.04 Å². The number of halogens is 1. The summed E-state index contributed by atoms with van der Waals surface area (Å²) in [4.78, 5) is 40.3. The third kappa shape index (κ3) is 4.42. The number of imide groups is 1. The molecule has 146 valence electrons. The van der Waals surface area contributed by atoms with Gasteiger partial charge in [-0.25, -0.2) is 9.69 Å². The standard InChI is InChI=1S/C19H25ClN4O3/c1-12(21)13-3-2-10-23(11-13)17(25)9-8-16-18(26)24(19(27)22-16)15-6-4-14(20)5-7-15/h4-7,12-13,16H,2-3,8-11,21H2,1H3,(H,22,27). The first-order chi connectivity index (χ1) is 12.9. The number of nitrogens with two attached hydrogens (primary N) is 1. The summed E-state index contributed by atoms with van der Waals surface area (Å²) in [5, 5.41) is 3.19. The van der Waals surface area contributed by atoms with Crippen molar-refractivity contribution in [2.45, 2.75) is 44.7 Å². The highest BCUT2D eigenvalue weighted by atomic mass is 35.5. The van der Waals surface area contributed by atoms with Crippen molar-refractivity contribution in [1.82, 2.24) is 10.2 Å². The maximum atomic E-state index is 12.6. The van der Waals surface area contributed by atoms with Gasteiger partial charge in [0.2, 0.25) is 5.91 Å². The molecule has 0 spiro atoms. The molecule has 0 aromatic heterocycles. The Kier molecular flexibility index (Phi) is 6.01. The monoisotopic (exact) mass is 392 g/mol. The van der Waals surface area contributed by atoms with E-state index in [4.69, 9.17) is 17.3 Å². The van der Waals surface area contributed by atoms with Crippen molar-refractivity contribution < 1.29 is 14.4 Å². The van der Waals surface area contributed by atoms with E-state index in [1.165, 1.54) is 0 Å². The van der Waals surface area contributed by atoms with Gasteiger partial charge in [0.25, 0.3) is 5.91 Å². The molecule has 2 aliphatic rings. The van der Waals surface area contributed by atoms with Crippen molar-refractivity contribution in [2.75, 3.05) is 18.0 Å². The predicted octanol–water partition coefficient (Wildman–Crippen LogP) is 2.13. The van der Waals surface area contributed by atoms with E-state index < -0.39 is 12.1 Å². The van der Waals surface area contributed by atoms with Gasteiger partial charge in [-0.2, -0.15) is 0 Å². The van der Waals surface area contributed by atoms with Crippen LogP contribution in [-0.4, -0.2) is 47.9 Å².